The summed E-state index contributed by atoms with van der Waals surface area (Å²) in [7, 11) is 0. The second kappa shape index (κ2) is 9.02. The summed E-state index contributed by atoms with van der Waals surface area (Å²) in [5, 5.41) is 13.4. The van der Waals surface area contributed by atoms with E-state index < -0.39 is 17.6 Å². The van der Waals surface area contributed by atoms with E-state index in [0.29, 0.717) is 23.1 Å². The van der Waals surface area contributed by atoms with Gasteiger partial charge in [-0.05, 0) is 78.9 Å². The van der Waals surface area contributed by atoms with Gasteiger partial charge < -0.3 is 15.2 Å². The van der Waals surface area contributed by atoms with E-state index in [1.807, 2.05) is 24.3 Å². The molecule has 0 radical (unpaired) electrons. The smallest absolute Gasteiger partial charge is 0.341 e. The largest absolute Gasteiger partial charge is 0.482 e. The van der Waals surface area contributed by atoms with E-state index in [9.17, 15) is 13.6 Å². The van der Waals surface area contributed by atoms with Crippen molar-refractivity contribution >= 4 is 16.7 Å². The first-order valence-corrected chi connectivity index (χ1v) is 10.5. The zero-order chi connectivity index (χ0) is 22.0. The molecule has 3 aromatic carbocycles. The van der Waals surface area contributed by atoms with Crippen molar-refractivity contribution in [2.45, 2.75) is 44.2 Å². The first-order chi connectivity index (χ1) is 14.9. The Morgan fingerprint density at radius 1 is 1.10 bits per heavy atom. The predicted molar refractivity (Wildman–Crippen MR) is 115 cm³/mol. The highest BCUT2D eigenvalue weighted by molar-refractivity contribution is 5.86. The van der Waals surface area contributed by atoms with Gasteiger partial charge in [0.15, 0.2) is 6.61 Å². The maximum absolute atomic E-state index is 14.1. The first-order valence-electron chi connectivity index (χ1n) is 10.5. The van der Waals surface area contributed by atoms with Crippen molar-refractivity contribution in [2.75, 3.05) is 6.61 Å². The molecule has 0 aliphatic heterocycles. The van der Waals surface area contributed by atoms with E-state index in [4.69, 9.17) is 9.84 Å². The van der Waals surface area contributed by atoms with E-state index in [1.54, 1.807) is 12.1 Å². The number of aliphatic carboxylic acids is 1. The molecule has 3 atom stereocenters. The third kappa shape index (κ3) is 4.85. The van der Waals surface area contributed by atoms with Crippen molar-refractivity contribution in [3.8, 4) is 5.75 Å². The fourth-order valence-corrected chi connectivity index (χ4v) is 4.55. The van der Waals surface area contributed by atoms with Crippen LogP contribution in [0.5, 0.6) is 5.75 Å². The maximum atomic E-state index is 14.1. The molecule has 0 heterocycles. The third-order valence-electron chi connectivity index (χ3n) is 6.06. The zero-order valence-electron chi connectivity index (χ0n) is 17.3. The second-order valence-electron chi connectivity index (χ2n) is 8.17. The van der Waals surface area contributed by atoms with Gasteiger partial charge in [0, 0.05) is 17.5 Å². The summed E-state index contributed by atoms with van der Waals surface area (Å²) in [6.07, 6.45) is 3.06. The van der Waals surface area contributed by atoms with Gasteiger partial charge in [-0.15, -0.1) is 0 Å². The summed E-state index contributed by atoms with van der Waals surface area (Å²) in [5.74, 6) is -0.893. The summed E-state index contributed by atoms with van der Waals surface area (Å²) < 4.78 is 32.9. The molecule has 0 aromatic heterocycles. The summed E-state index contributed by atoms with van der Waals surface area (Å²) in [4.78, 5) is 10.6. The van der Waals surface area contributed by atoms with Crippen molar-refractivity contribution in [1.82, 2.24) is 5.32 Å². The first kappa shape index (κ1) is 21.2. The topological polar surface area (TPSA) is 58.6 Å². The highest BCUT2D eigenvalue weighted by atomic mass is 19.1. The molecule has 4 nitrogen and oxygen atoms in total. The maximum Gasteiger partial charge on any atom is 0.341 e. The van der Waals surface area contributed by atoms with Gasteiger partial charge in [0.1, 0.15) is 17.4 Å². The molecule has 6 heteroatoms. The number of carboxylic acids is 1. The number of rotatable bonds is 7. The Bertz CT molecular complexity index is 1080. The van der Waals surface area contributed by atoms with Crippen LogP contribution in [0, 0.1) is 11.6 Å². The van der Waals surface area contributed by atoms with Gasteiger partial charge in [-0.3, -0.25) is 0 Å². The predicted octanol–water partition coefficient (Wildman–Crippen LogP) is 5.57. The van der Waals surface area contributed by atoms with Crippen LogP contribution in [0.4, 0.5) is 8.78 Å². The Labute approximate surface area is 179 Å². The highest BCUT2D eigenvalue weighted by Gasteiger charge is 2.27. The molecule has 4 rings (SSSR count). The number of hydrogen-bond acceptors (Lipinski definition) is 3. The van der Waals surface area contributed by atoms with Gasteiger partial charge in [0.05, 0.1) is 0 Å². The number of halogens is 2. The van der Waals surface area contributed by atoms with Crippen LogP contribution in [0.25, 0.3) is 10.8 Å². The number of carboxylic acid groups (broad SMARTS) is 1. The van der Waals surface area contributed by atoms with Crippen LogP contribution in [-0.4, -0.2) is 23.7 Å². The van der Waals surface area contributed by atoms with Crippen molar-refractivity contribution in [3.05, 3.63) is 77.4 Å². The monoisotopic (exact) mass is 425 g/mol. The third-order valence-corrected chi connectivity index (χ3v) is 6.06. The molecule has 2 N–H and O–H groups in total. The standard InChI is InChI=1S/C25H25F2NO3/c1-15(21-10-11-24(27)23-13-18(26)5-9-22(21)23)28-19-6-2-17(12-19)16-3-7-20(8-4-16)31-14-25(29)30/h3-5,7-11,13,15,17,19,28H,2,6,12,14H2,1H3,(H,29,30)/t15-,17-,19+/m1/s1. The van der Waals surface area contributed by atoms with E-state index >= 15 is 0 Å². The van der Waals surface area contributed by atoms with Crippen LogP contribution in [-0.2, 0) is 4.79 Å². The van der Waals surface area contributed by atoms with E-state index in [-0.39, 0.29) is 12.6 Å². The normalized spacial score (nSPS) is 19.5. The molecule has 1 saturated carbocycles. The van der Waals surface area contributed by atoms with Crippen molar-refractivity contribution in [2.24, 2.45) is 0 Å². The molecule has 0 bridgehead atoms. The molecular formula is C25H25F2NO3. The Balaban J connectivity index is 1.41. The van der Waals surface area contributed by atoms with Crippen molar-refractivity contribution in [1.29, 1.82) is 0 Å². The Morgan fingerprint density at radius 2 is 1.87 bits per heavy atom. The van der Waals surface area contributed by atoms with Gasteiger partial charge in [0.2, 0.25) is 0 Å². The summed E-state index contributed by atoms with van der Waals surface area (Å²) >= 11 is 0. The summed E-state index contributed by atoms with van der Waals surface area (Å²) in [6, 6.07) is 15.4. The Hall–Kier alpha value is -2.99. The lowest BCUT2D eigenvalue weighted by Crippen LogP contribution is -2.29. The lowest BCUT2D eigenvalue weighted by molar-refractivity contribution is -0.139. The number of nitrogens with one attached hydrogen (secondary N) is 1. The number of benzene rings is 3. The molecule has 1 aliphatic carbocycles. The second-order valence-corrected chi connectivity index (χ2v) is 8.17. The fourth-order valence-electron chi connectivity index (χ4n) is 4.55. The Morgan fingerprint density at radius 3 is 2.61 bits per heavy atom. The molecule has 3 aromatic rings. The Kier molecular flexibility index (Phi) is 6.18. The van der Waals surface area contributed by atoms with Crippen LogP contribution >= 0.6 is 0 Å². The molecule has 1 fully saturated rings. The van der Waals surface area contributed by atoms with E-state index in [2.05, 4.69) is 12.2 Å². The van der Waals surface area contributed by atoms with Gasteiger partial charge >= 0.3 is 5.97 Å². The van der Waals surface area contributed by atoms with E-state index in [1.165, 1.54) is 23.8 Å². The van der Waals surface area contributed by atoms with Crippen molar-refractivity contribution in [3.63, 3.8) is 0 Å². The molecule has 162 valence electrons. The molecule has 0 amide bonds. The zero-order valence-corrected chi connectivity index (χ0v) is 17.3. The molecule has 31 heavy (non-hydrogen) atoms. The molecule has 1 aliphatic rings. The average molecular weight is 425 g/mol. The minimum Gasteiger partial charge on any atom is -0.482 e. The lowest BCUT2D eigenvalue weighted by atomic mass is 9.96. The molecule has 0 spiro atoms. The quantitative estimate of drug-likeness (QED) is 0.520. The molecule has 0 saturated heterocycles. The lowest BCUT2D eigenvalue weighted by Gasteiger charge is -2.22. The number of carbonyl (C=O) groups is 1. The highest BCUT2D eigenvalue weighted by Crippen LogP contribution is 2.37. The minimum atomic E-state index is -0.998. The number of hydrogen-bond donors (Lipinski definition) is 2. The molecular weight excluding hydrogens is 400 g/mol. The minimum absolute atomic E-state index is 0.00380. The number of ether oxygens (including phenoxy) is 1. The van der Waals surface area contributed by atoms with Crippen LogP contribution in [0.1, 0.15) is 49.3 Å². The van der Waals surface area contributed by atoms with Gasteiger partial charge in [-0.1, -0.05) is 24.3 Å². The summed E-state index contributed by atoms with van der Waals surface area (Å²) in [6.45, 7) is 1.70. The van der Waals surface area contributed by atoms with E-state index in [0.717, 1.165) is 30.2 Å². The fraction of sp³-hybridized carbons (Fsp3) is 0.320. The SMILES string of the molecule is C[C@@H](N[C@H]1CC[C@@H](c2ccc(OCC(=O)O)cc2)C1)c1ccc(F)c2cc(F)ccc12. The average Bonchev–Trinajstić information content (AvgIpc) is 3.21. The van der Waals surface area contributed by atoms with Gasteiger partial charge in [0.25, 0.3) is 0 Å². The van der Waals surface area contributed by atoms with Crippen molar-refractivity contribution < 1.29 is 23.4 Å². The number of fused-ring (bicyclic) bond motifs is 1. The van der Waals surface area contributed by atoms with Crippen LogP contribution < -0.4 is 10.1 Å². The van der Waals surface area contributed by atoms with Crippen LogP contribution in [0.2, 0.25) is 0 Å². The van der Waals surface area contributed by atoms with Gasteiger partial charge in [-0.2, -0.15) is 0 Å². The van der Waals surface area contributed by atoms with Gasteiger partial charge in [-0.25, -0.2) is 13.6 Å². The van der Waals surface area contributed by atoms with Crippen LogP contribution in [0.3, 0.4) is 0 Å². The summed E-state index contributed by atoms with van der Waals surface area (Å²) in [5.41, 5.74) is 2.17. The molecule has 0 unspecified atom stereocenters. The van der Waals surface area contributed by atoms with Crippen LogP contribution in [0.15, 0.2) is 54.6 Å².